The van der Waals surface area contributed by atoms with Gasteiger partial charge in [0.1, 0.15) is 0 Å². The van der Waals surface area contributed by atoms with Crippen molar-refractivity contribution in [1.82, 2.24) is 4.90 Å². The number of rotatable bonds is 7. The third-order valence-corrected chi connectivity index (χ3v) is 1.90. The van der Waals surface area contributed by atoms with E-state index in [4.69, 9.17) is 4.74 Å². The lowest BCUT2D eigenvalue weighted by Crippen LogP contribution is -2.36. The molecule has 0 saturated carbocycles. The highest BCUT2D eigenvalue weighted by molar-refractivity contribution is 4.64. The predicted octanol–water partition coefficient (Wildman–Crippen LogP) is 0.972. The maximum atomic E-state index is 9.50. The molecule has 1 N–H and O–H groups in total. The second-order valence-corrected chi connectivity index (χ2v) is 3.86. The van der Waals surface area contributed by atoms with Crippen LogP contribution in [0.4, 0.5) is 0 Å². The molecule has 0 aliphatic heterocycles. The Labute approximate surface area is 81.7 Å². The Hall–Kier alpha value is -0.120. The number of hydrogen-bond acceptors (Lipinski definition) is 3. The smallest absolute Gasteiger partial charge is 0.0900 e. The molecule has 0 aromatic carbocycles. The van der Waals surface area contributed by atoms with Gasteiger partial charge in [-0.25, -0.2) is 0 Å². The lowest BCUT2D eigenvalue weighted by atomic mass is 10.2. The number of likely N-dealkylation sites (N-methyl/N-ethyl adjacent to an activating group) is 1. The number of hydrogen-bond donors (Lipinski definition) is 1. The minimum atomic E-state index is -0.358. The zero-order valence-electron chi connectivity index (χ0n) is 9.29. The molecule has 13 heavy (non-hydrogen) atoms. The molecule has 0 rings (SSSR count). The van der Waals surface area contributed by atoms with E-state index >= 15 is 0 Å². The van der Waals surface area contributed by atoms with Crippen LogP contribution in [0.5, 0.6) is 0 Å². The van der Waals surface area contributed by atoms with Crippen molar-refractivity contribution in [2.75, 3.05) is 33.4 Å². The summed E-state index contributed by atoms with van der Waals surface area (Å²) in [4.78, 5) is 2.24. The highest BCUT2D eigenvalue weighted by Crippen LogP contribution is 1.99. The summed E-state index contributed by atoms with van der Waals surface area (Å²) in [7, 11) is 1.61. The molecule has 0 aromatic rings. The van der Waals surface area contributed by atoms with Gasteiger partial charge in [-0.1, -0.05) is 20.8 Å². The molecule has 0 heterocycles. The topological polar surface area (TPSA) is 32.7 Å². The monoisotopic (exact) mass is 189 g/mol. The molecule has 3 heteroatoms. The van der Waals surface area contributed by atoms with Gasteiger partial charge in [-0.15, -0.1) is 0 Å². The van der Waals surface area contributed by atoms with Gasteiger partial charge in [0, 0.05) is 20.2 Å². The Balaban J connectivity index is 3.69. The highest BCUT2D eigenvalue weighted by Gasteiger charge is 2.10. The standard InChI is InChI=1S/C10H23NO2/c1-5-11(6-9(2)3)7-10(12)8-13-4/h9-10,12H,5-8H2,1-4H3. The zero-order chi connectivity index (χ0) is 10.3. The normalized spacial score (nSPS) is 14.1. The largest absolute Gasteiger partial charge is 0.389 e. The predicted molar refractivity (Wildman–Crippen MR) is 54.8 cm³/mol. The highest BCUT2D eigenvalue weighted by atomic mass is 16.5. The molecular formula is C10H23NO2. The first kappa shape index (κ1) is 12.9. The van der Waals surface area contributed by atoms with Crippen LogP contribution in [0.25, 0.3) is 0 Å². The van der Waals surface area contributed by atoms with Crippen LogP contribution >= 0.6 is 0 Å². The van der Waals surface area contributed by atoms with Crippen LogP contribution in [-0.2, 0) is 4.74 Å². The van der Waals surface area contributed by atoms with E-state index in [0.717, 1.165) is 13.1 Å². The number of methoxy groups -OCH3 is 1. The van der Waals surface area contributed by atoms with Gasteiger partial charge in [0.15, 0.2) is 0 Å². The molecule has 1 atom stereocenters. The molecule has 0 spiro atoms. The Morgan fingerprint density at radius 2 is 1.92 bits per heavy atom. The Morgan fingerprint density at radius 3 is 2.31 bits per heavy atom. The van der Waals surface area contributed by atoms with Crippen molar-refractivity contribution < 1.29 is 9.84 Å². The third kappa shape index (κ3) is 6.99. The minimum absolute atomic E-state index is 0.358. The summed E-state index contributed by atoms with van der Waals surface area (Å²) in [5, 5.41) is 9.50. The van der Waals surface area contributed by atoms with E-state index < -0.39 is 0 Å². The molecule has 0 radical (unpaired) electrons. The van der Waals surface area contributed by atoms with Gasteiger partial charge in [0.05, 0.1) is 12.7 Å². The molecule has 0 bridgehead atoms. The molecule has 0 aliphatic carbocycles. The quantitative estimate of drug-likeness (QED) is 0.648. The average Bonchev–Trinajstić information content (AvgIpc) is 2.02. The second-order valence-electron chi connectivity index (χ2n) is 3.86. The summed E-state index contributed by atoms with van der Waals surface area (Å²) >= 11 is 0. The maximum absolute atomic E-state index is 9.50. The van der Waals surface area contributed by atoms with E-state index in [1.54, 1.807) is 7.11 Å². The third-order valence-electron chi connectivity index (χ3n) is 1.90. The fourth-order valence-electron chi connectivity index (χ4n) is 1.39. The van der Waals surface area contributed by atoms with Crippen LogP contribution in [0, 0.1) is 5.92 Å². The number of nitrogens with zero attached hydrogens (tertiary/aromatic N) is 1. The molecule has 3 nitrogen and oxygen atoms in total. The van der Waals surface area contributed by atoms with Gasteiger partial charge >= 0.3 is 0 Å². The molecule has 0 fully saturated rings. The fourth-order valence-corrected chi connectivity index (χ4v) is 1.39. The first-order valence-electron chi connectivity index (χ1n) is 4.99. The van der Waals surface area contributed by atoms with Gasteiger partial charge in [-0.3, -0.25) is 0 Å². The number of aliphatic hydroxyl groups is 1. The van der Waals surface area contributed by atoms with Crippen molar-refractivity contribution in [3.63, 3.8) is 0 Å². The van der Waals surface area contributed by atoms with Crippen LogP contribution in [0.2, 0.25) is 0 Å². The van der Waals surface area contributed by atoms with Crippen LogP contribution < -0.4 is 0 Å². The van der Waals surface area contributed by atoms with Crippen molar-refractivity contribution in [3.05, 3.63) is 0 Å². The molecule has 1 unspecified atom stereocenters. The summed E-state index contributed by atoms with van der Waals surface area (Å²) in [6.07, 6.45) is -0.358. The molecule has 0 saturated heterocycles. The lowest BCUT2D eigenvalue weighted by molar-refractivity contribution is 0.0364. The fraction of sp³-hybridized carbons (Fsp3) is 1.00. The first-order valence-corrected chi connectivity index (χ1v) is 4.99. The average molecular weight is 189 g/mol. The summed E-state index contributed by atoms with van der Waals surface area (Å²) in [6, 6.07) is 0. The van der Waals surface area contributed by atoms with Crippen LogP contribution in [0.3, 0.4) is 0 Å². The van der Waals surface area contributed by atoms with Crippen molar-refractivity contribution in [1.29, 1.82) is 0 Å². The van der Waals surface area contributed by atoms with Gasteiger partial charge < -0.3 is 14.7 Å². The lowest BCUT2D eigenvalue weighted by Gasteiger charge is -2.24. The van der Waals surface area contributed by atoms with Crippen LogP contribution in [0.15, 0.2) is 0 Å². The Kier molecular flexibility index (Phi) is 7.23. The van der Waals surface area contributed by atoms with Gasteiger partial charge in [-0.05, 0) is 12.5 Å². The number of ether oxygens (including phenoxy) is 1. The maximum Gasteiger partial charge on any atom is 0.0900 e. The van der Waals surface area contributed by atoms with Crippen molar-refractivity contribution in [2.45, 2.75) is 26.9 Å². The first-order chi connectivity index (χ1) is 6.10. The molecule has 0 aromatic heterocycles. The van der Waals surface area contributed by atoms with E-state index in [1.165, 1.54) is 0 Å². The van der Waals surface area contributed by atoms with Gasteiger partial charge in [0.2, 0.25) is 0 Å². The summed E-state index contributed by atoms with van der Waals surface area (Å²) in [5.41, 5.74) is 0. The van der Waals surface area contributed by atoms with Crippen molar-refractivity contribution >= 4 is 0 Å². The summed E-state index contributed by atoms with van der Waals surface area (Å²) in [5.74, 6) is 0.648. The van der Waals surface area contributed by atoms with E-state index in [-0.39, 0.29) is 6.10 Å². The minimum Gasteiger partial charge on any atom is -0.389 e. The molecule has 80 valence electrons. The molecule has 0 amide bonds. The number of aliphatic hydroxyl groups excluding tert-OH is 1. The van der Waals surface area contributed by atoms with E-state index in [1.807, 2.05) is 0 Å². The van der Waals surface area contributed by atoms with Gasteiger partial charge in [0.25, 0.3) is 0 Å². The molecule has 0 aliphatic rings. The van der Waals surface area contributed by atoms with E-state index in [2.05, 4.69) is 25.7 Å². The Morgan fingerprint density at radius 1 is 1.31 bits per heavy atom. The van der Waals surface area contributed by atoms with Crippen LogP contribution in [0.1, 0.15) is 20.8 Å². The molecular weight excluding hydrogens is 166 g/mol. The van der Waals surface area contributed by atoms with Crippen molar-refractivity contribution in [3.8, 4) is 0 Å². The van der Waals surface area contributed by atoms with Crippen LogP contribution in [-0.4, -0.2) is 49.5 Å². The van der Waals surface area contributed by atoms with Gasteiger partial charge in [-0.2, -0.15) is 0 Å². The second kappa shape index (κ2) is 7.30. The summed E-state index contributed by atoms with van der Waals surface area (Å²) in [6.45, 7) is 9.64. The zero-order valence-corrected chi connectivity index (χ0v) is 9.29. The van der Waals surface area contributed by atoms with Crippen molar-refractivity contribution in [2.24, 2.45) is 5.92 Å². The van der Waals surface area contributed by atoms with E-state index in [9.17, 15) is 5.11 Å². The van der Waals surface area contributed by atoms with E-state index in [0.29, 0.717) is 19.1 Å². The summed E-state index contributed by atoms with van der Waals surface area (Å²) < 4.78 is 4.88. The Bertz CT molecular complexity index is 117. The SMILES string of the molecule is CCN(CC(C)C)CC(O)COC.